The van der Waals surface area contributed by atoms with E-state index in [9.17, 15) is 4.79 Å². The van der Waals surface area contributed by atoms with Crippen LogP contribution < -0.4 is 11.1 Å². The molecule has 0 aliphatic heterocycles. The van der Waals surface area contributed by atoms with E-state index >= 15 is 0 Å². The minimum absolute atomic E-state index is 0.0596. The molecule has 0 heterocycles. The van der Waals surface area contributed by atoms with E-state index in [1.165, 1.54) is 6.07 Å². The average Bonchev–Trinajstić information content (AvgIpc) is 2.38. The topological polar surface area (TPSA) is 96.9 Å². The summed E-state index contributed by atoms with van der Waals surface area (Å²) in [5, 5.41) is 14.6. The lowest BCUT2D eigenvalue weighted by Gasteiger charge is -2.10. The van der Waals surface area contributed by atoms with Crippen molar-refractivity contribution in [2.75, 3.05) is 18.5 Å². The Balaban J connectivity index is 2.81. The fourth-order valence-electron chi connectivity index (χ4n) is 1.39. The number of halogens is 1. The minimum Gasteiger partial charge on any atom is -0.409 e. The van der Waals surface area contributed by atoms with Gasteiger partial charge in [0.1, 0.15) is 6.61 Å². The third-order valence-electron chi connectivity index (χ3n) is 2.22. The maximum atomic E-state index is 11.6. The van der Waals surface area contributed by atoms with E-state index in [0.717, 1.165) is 6.42 Å². The molecule has 19 heavy (non-hydrogen) atoms. The lowest BCUT2D eigenvalue weighted by molar-refractivity contribution is -0.120. The fraction of sp³-hybridized carbons (Fsp3) is 0.333. The fourth-order valence-corrected chi connectivity index (χ4v) is 1.56. The van der Waals surface area contributed by atoms with Gasteiger partial charge in [0, 0.05) is 17.2 Å². The van der Waals surface area contributed by atoms with Crippen molar-refractivity contribution in [3.05, 3.63) is 28.8 Å². The van der Waals surface area contributed by atoms with Crippen molar-refractivity contribution in [1.29, 1.82) is 0 Å². The first-order chi connectivity index (χ1) is 9.08. The highest BCUT2D eigenvalue weighted by molar-refractivity contribution is 6.31. The Morgan fingerprint density at radius 2 is 2.32 bits per heavy atom. The number of benzene rings is 1. The van der Waals surface area contributed by atoms with Crippen LogP contribution in [0.25, 0.3) is 0 Å². The number of carbonyl (C=O) groups excluding carboxylic acids is 1. The molecule has 104 valence electrons. The first kappa shape index (κ1) is 15.3. The lowest BCUT2D eigenvalue weighted by atomic mass is 10.1. The van der Waals surface area contributed by atoms with Crippen molar-refractivity contribution in [2.45, 2.75) is 13.3 Å². The van der Waals surface area contributed by atoms with Crippen LogP contribution >= 0.6 is 11.6 Å². The van der Waals surface area contributed by atoms with E-state index in [1.54, 1.807) is 12.1 Å². The molecular weight excluding hydrogens is 270 g/mol. The molecule has 0 spiro atoms. The van der Waals surface area contributed by atoms with Crippen molar-refractivity contribution < 1.29 is 14.7 Å². The summed E-state index contributed by atoms with van der Waals surface area (Å²) in [7, 11) is 0. The van der Waals surface area contributed by atoms with Gasteiger partial charge in [-0.25, -0.2) is 0 Å². The average molecular weight is 286 g/mol. The molecule has 0 radical (unpaired) electrons. The van der Waals surface area contributed by atoms with Gasteiger partial charge in [0.05, 0.1) is 5.69 Å². The molecular formula is C12H16ClN3O3. The molecule has 0 aliphatic carbocycles. The van der Waals surface area contributed by atoms with Gasteiger partial charge in [0.2, 0.25) is 5.91 Å². The van der Waals surface area contributed by atoms with Gasteiger partial charge < -0.3 is 21.0 Å². The van der Waals surface area contributed by atoms with Gasteiger partial charge in [-0.1, -0.05) is 23.7 Å². The quantitative estimate of drug-likeness (QED) is 0.244. The molecule has 4 N–H and O–H groups in total. The number of oxime groups is 1. The molecule has 1 aromatic carbocycles. The maximum absolute atomic E-state index is 11.6. The van der Waals surface area contributed by atoms with Crippen molar-refractivity contribution >= 4 is 29.0 Å². The van der Waals surface area contributed by atoms with Crippen LogP contribution in [0, 0.1) is 0 Å². The molecule has 0 fully saturated rings. The number of amides is 1. The number of anilines is 1. The van der Waals surface area contributed by atoms with Crippen LogP contribution in [0.5, 0.6) is 0 Å². The molecule has 0 aliphatic rings. The summed E-state index contributed by atoms with van der Waals surface area (Å²) in [5.74, 6) is -0.441. The smallest absolute Gasteiger partial charge is 0.250 e. The van der Waals surface area contributed by atoms with Crippen LogP contribution in [-0.2, 0) is 9.53 Å². The molecule has 7 heteroatoms. The van der Waals surface area contributed by atoms with E-state index in [2.05, 4.69) is 10.5 Å². The molecule has 0 unspecified atom stereocenters. The number of nitrogens with two attached hydrogens (primary N) is 1. The second-order valence-electron chi connectivity index (χ2n) is 3.78. The lowest BCUT2D eigenvalue weighted by Crippen LogP contribution is -2.22. The van der Waals surface area contributed by atoms with Crippen molar-refractivity contribution in [3.63, 3.8) is 0 Å². The normalized spacial score (nSPS) is 11.4. The Hall–Kier alpha value is -1.79. The summed E-state index contributed by atoms with van der Waals surface area (Å²) in [4.78, 5) is 11.6. The first-order valence-electron chi connectivity index (χ1n) is 5.73. The zero-order chi connectivity index (χ0) is 14.3. The number of hydrogen-bond acceptors (Lipinski definition) is 4. The van der Waals surface area contributed by atoms with Crippen molar-refractivity contribution in [3.8, 4) is 0 Å². The largest absolute Gasteiger partial charge is 0.409 e. The van der Waals surface area contributed by atoms with Crippen LogP contribution in [0.15, 0.2) is 23.4 Å². The van der Waals surface area contributed by atoms with Gasteiger partial charge in [-0.15, -0.1) is 0 Å². The summed E-state index contributed by atoms with van der Waals surface area (Å²) < 4.78 is 5.12. The van der Waals surface area contributed by atoms with Gasteiger partial charge in [-0.3, -0.25) is 4.79 Å². The van der Waals surface area contributed by atoms with E-state index in [-0.39, 0.29) is 18.3 Å². The number of carbonyl (C=O) groups is 1. The standard InChI is InChI=1S/C12H16ClN3O3/c1-2-5-19-7-11(17)15-10-6-8(13)3-4-9(10)12(14)16-18/h3-4,6,18H,2,5,7H2,1H3,(H2,14,16)(H,15,17). The Morgan fingerprint density at radius 1 is 1.58 bits per heavy atom. The SMILES string of the molecule is CCCOCC(=O)Nc1cc(Cl)ccc1/C(N)=N/O. The maximum Gasteiger partial charge on any atom is 0.250 e. The highest BCUT2D eigenvalue weighted by Gasteiger charge is 2.11. The van der Waals surface area contributed by atoms with Crippen LogP contribution in [0.1, 0.15) is 18.9 Å². The first-order valence-corrected chi connectivity index (χ1v) is 6.11. The molecule has 0 atom stereocenters. The summed E-state index contributed by atoms with van der Waals surface area (Å²) >= 11 is 5.85. The third kappa shape index (κ3) is 4.76. The summed E-state index contributed by atoms with van der Waals surface area (Å²) in [5.41, 5.74) is 6.27. The molecule has 1 rings (SSSR count). The number of ether oxygens (including phenoxy) is 1. The van der Waals surface area contributed by atoms with Crippen LogP contribution in [0.2, 0.25) is 5.02 Å². The van der Waals surface area contributed by atoms with Crippen molar-refractivity contribution in [2.24, 2.45) is 10.9 Å². The summed E-state index contributed by atoms with van der Waals surface area (Å²) in [6.45, 7) is 2.40. The van der Waals surface area contributed by atoms with E-state index in [1.807, 2.05) is 6.92 Å². The second kappa shape index (κ2) is 7.60. The van der Waals surface area contributed by atoms with Crippen LogP contribution in [0.3, 0.4) is 0 Å². The van der Waals surface area contributed by atoms with E-state index in [4.69, 9.17) is 27.3 Å². The number of hydrogen-bond donors (Lipinski definition) is 3. The van der Waals surface area contributed by atoms with Crippen molar-refractivity contribution in [1.82, 2.24) is 0 Å². The van der Waals surface area contributed by atoms with E-state index in [0.29, 0.717) is 22.9 Å². The third-order valence-corrected chi connectivity index (χ3v) is 2.46. The molecule has 6 nitrogen and oxygen atoms in total. The Bertz CT molecular complexity index is 477. The van der Waals surface area contributed by atoms with E-state index < -0.39 is 0 Å². The van der Waals surface area contributed by atoms with Gasteiger partial charge in [-0.05, 0) is 24.6 Å². The molecule has 1 amide bonds. The summed E-state index contributed by atoms with van der Waals surface area (Å²) in [6.07, 6.45) is 0.833. The number of nitrogens with zero attached hydrogens (tertiary/aromatic N) is 1. The summed E-state index contributed by atoms with van der Waals surface area (Å²) in [6, 6.07) is 4.66. The van der Waals surface area contributed by atoms with Gasteiger partial charge >= 0.3 is 0 Å². The van der Waals surface area contributed by atoms with Gasteiger partial charge in [-0.2, -0.15) is 0 Å². The molecule has 0 bridgehead atoms. The highest BCUT2D eigenvalue weighted by atomic mass is 35.5. The monoisotopic (exact) mass is 285 g/mol. The second-order valence-corrected chi connectivity index (χ2v) is 4.21. The number of rotatable bonds is 6. The Kier molecular flexibility index (Phi) is 6.11. The Labute approximate surface area is 116 Å². The predicted octanol–water partition coefficient (Wildman–Crippen LogP) is 1.80. The molecule has 0 saturated heterocycles. The minimum atomic E-state index is -0.331. The van der Waals surface area contributed by atoms with Gasteiger partial charge in [0.25, 0.3) is 0 Å². The van der Waals surface area contributed by atoms with Crippen LogP contribution in [0.4, 0.5) is 5.69 Å². The molecule has 0 aromatic heterocycles. The predicted molar refractivity (Wildman–Crippen MR) is 73.7 cm³/mol. The number of amidine groups is 1. The van der Waals surface area contributed by atoms with Gasteiger partial charge in [0.15, 0.2) is 5.84 Å². The zero-order valence-electron chi connectivity index (χ0n) is 10.5. The Morgan fingerprint density at radius 3 is 2.95 bits per heavy atom. The number of nitrogens with one attached hydrogen (secondary N) is 1. The molecule has 1 aromatic rings. The zero-order valence-corrected chi connectivity index (χ0v) is 11.3. The highest BCUT2D eigenvalue weighted by Crippen LogP contribution is 2.21. The van der Waals surface area contributed by atoms with Crippen LogP contribution in [-0.4, -0.2) is 30.2 Å². The molecule has 0 saturated carbocycles.